The molecule has 2 fully saturated rings. The summed E-state index contributed by atoms with van der Waals surface area (Å²) in [5.74, 6) is 1.02. The van der Waals surface area contributed by atoms with Crippen LogP contribution in [-0.2, 0) is 17.9 Å². The molecule has 4 heterocycles. The number of aromatic nitrogens is 3. The summed E-state index contributed by atoms with van der Waals surface area (Å²) in [7, 11) is 3.90. The fourth-order valence-corrected chi connectivity index (χ4v) is 4.47. The van der Waals surface area contributed by atoms with E-state index in [-0.39, 0.29) is 11.3 Å². The number of hydrogen-bond acceptors (Lipinski definition) is 6. The molecule has 0 unspecified atom stereocenters. The first-order valence-electron chi connectivity index (χ1n) is 10.4. The molecular formula is C22H30N6O. The van der Waals surface area contributed by atoms with Crippen LogP contribution in [0.4, 0.5) is 5.95 Å². The quantitative estimate of drug-likeness (QED) is 0.776. The van der Waals surface area contributed by atoms with Gasteiger partial charge < -0.3 is 9.80 Å². The highest BCUT2D eigenvalue weighted by Crippen LogP contribution is 2.40. The number of likely N-dealkylation sites (tertiary alicyclic amines) is 2. The molecule has 1 amide bonds. The highest BCUT2D eigenvalue weighted by atomic mass is 16.2. The van der Waals surface area contributed by atoms with E-state index in [2.05, 4.69) is 19.9 Å². The number of carbonyl (C=O) groups is 1. The van der Waals surface area contributed by atoms with E-state index in [9.17, 15) is 4.79 Å². The lowest BCUT2D eigenvalue weighted by atomic mass is 9.72. The van der Waals surface area contributed by atoms with Crippen LogP contribution in [-0.4, -0.2) is 64.4 Å². The van der Waals surface area contributed by atoms with Crippen molar-refractivity contribution in [2.45, 2.75) is 38.8 Å². The zero-order valence-electron chi connectivity index (χ0n) is 17.4. The first-order valence-corrected chi connectivity index (χ1v) is 10.4. The second kappa shape index (κ2) is 8.45. The molecule has 29 heavy (non-hydrogen) atoms. The number of piperidine rings is 2. The molecule has 0 radical (unpaired) electrons. The number of anilines is 1. The highest BCUT2D eigenvalue weighted by Gasteiger charge is 2.40. The minimum Gasteiger partial charge on any atom is -0.347 e. The largest absolute Gasteiger partial charge is 0.347 e. The predicted molar refractivity (Wildman–Crippen MR) is 112 cm³/mol. The molecule has 154 valence electrons. The summed E-state index contributed by atoms with van der Waals surface area (Å²) in [5, 5.41) is 0. The molecule has 7 nitrogen and oxygen atoms in total. The van der Waals surface area contributed by atoms with Crippen LogP contribution in [0.15, 0.2) is 36.9 Å². The third-order valence-corrected chi connectivity index (χ3v) is 6.26. The average molecular weight is 395 g/mol. The standard InChI is InChI=1S/C22H30N6O/c1-26(2)21-24-13-19(14-25-21)15-27-10-7-22(8-11-27)6-5-20(29)28(17-22)16-18-4-3-9-23-12-18/h3-4,9,12-14H,5-8,10-11,15-17H2,1-2H3. The van der Waals surface area contributed by atoms with Crippen molar-refractivity contribution in [3.05, 3.63) is 48.0 Å². The molecule has 2 aromatic rings. The van der Waals surface area contributed by atoms with Gasteiger partial charge in [0.15, 0.2) is 0 Å². The Morgan fingerprint density at radius 2 is 1.79 bits per heavy atom. The van der Waals surface area contributed by atoms with Gasteiger partial charge in [-0.2, -0.15) is 0 Å². The van der Waals surface area contributed by atoms with Gasteiger partial charge in [-0.25, -0.2) is 9.97 Å². The maximum atomic E-state index is 12.5. The molecule has 0 aliphatic carbocycles. The molecule has 0 saturated carbocycles. The summed E-state index contributed by atoms with van der Waals surface area (Å²) in [6.07, 6.45) is 11.5. The molecule has 0 aromatic carbocycles. The zero-order chi connectivity index (χ0) is 20.3. The Bertz CT molecular complexity index is 815. The first kappa shape index (κ1) is 19.8. The van der Waals surface area contributed by atoms with Crippen molar-refractivity contribution < 1.29 is 4.79 Å². The molecule has 0 bridgehead atoms. The molecule has 2 aromatic heterocycles. The maximum Gasteiger partial charge on any atom is 0.224 e. The van der Waals surface area contributed by atoms with Gasteiger partial charge >= 0.3 is 0 Å². The molecule has 2 aliphatic rings. The van der Waals surface area contributed by atoms with Crippen molar-refractivity contribution in [3.63, 3.8) is 0 Å². The molecule has 7 heteroatoms. The van der Waals surface area contributed by atoms with E-state index < -0.39 is 0 Å². The van der Waals surface area contributed by atoms with E-state index in [0.717, 1.165) is 62.5 Å². The first-order chi connectivity index (χ1) is 14.0. The van der Waals surface area contributed by atoms with E-state index in [1.165, 1.54) is 0 Å². The van der Waals surface area contributed by atoms with Gasteiger partial charge in [0.25, 0.3) is 0 Å². The van der Waals surface area contributed by atoms with Gasteiger partial charge in [0, 0.05) is 70.5 Å². The monoisotopic (exact) mass is 394 g/mol. The Kier molecular flexibility index (Phi) is 5.76. The van der Waals surface area contributed by atoms with Crippen LogP contribution >= 0.6 is 0 Å². The van der Waals surface area contributed by atoms with Crippen LogP contribution in [0.2, 0.25) is 0 Å². The van der Waals surface area contributed by atoms with Gasteiger partial charge in [-0.15, -0.1) is 0 Å². The Morgan fingerprint density at radius 1 is 1.03 bits per heavy atom. The Labute approximate surface area is 172 Å². The Hall–Kier alpha value is -2.54. The van der Waals surface area contributed by atoms with E-state index >= 15 is 0 Å². The van der Waals surface area contributed by atoms with Crippen molar-refractivity contribution in [1.29, 1.82) is 0 Å². The molecule has 0 N–H and O–H groups in total. The van der Waals surface area contributed by atoms with Crippen molar-refractivity contribution in [2.24, 2.45) is 5.41 Å². The smallest absolute Gasteiger partial charge is 0.224 e. The van der Waals surface area contributed by atoms with Gasteiger partial charge in [0.1, 0.15) is 0 Å². The molecule has 4 rings (SSSR count). The van der Waals surface area contributed by atoms with Crippen LogP contribution < -0.4 is 4.90 Å². The minimum atomic E-state index is 0.262. The van der Waals surface area contributed by atoms with Gasteiger partial charge in [-0.05, 0) is 49.4 Å². The number of pyridine rings is 1. The van der Waals surface area contributed by atoms with Crippen molar-refractivity contribution in [2.75, 3.05) is 38.6 Å². The fourth-order valence-electron chi connectivity index (χ4n) is 4.47. The summed E-state index contributed by atoms with van der Waals surface area (Å²) in [4.78, 5) is 32.0. The lowest BCUT2D eigenvalue weighted by Crippen LogP contribution is -2.51. The summed E-state index contributed by atoms with van der Waals surface area (Å²) < 4.78 is 0. The summed E-state index contributed by atoms with van der Waals surface area (Å²) in [6, 6.07) is 3.99. The third kappa shape index (κ3) is 4.72. The lowest BCUT2D eigenvalue weighted by Gasteiger charge is -2.47. The van der Waals surface area contributed by atoms with Crippen LogP contribution in [0.5, 0.6) is 0 Å². The number of amides is 1. The number of carbonyl (C=O) groups excluding carboxylic acids is 1. The van der Waals surface area contributed by atoms with Gasteiger partial charge in [0.05, 0.1) is 0 Å². The Balaban J connectivity index is 1.33. The molecular weight excluding hydrogens is 364 g/mol. The topological polar surface area (TPSA) is 65.5 Å². The number of nitrogens with zero attached hydrogens (tertiary/aromatic N) is 6. The molecule has 2 aliphatic heterocycles. The fraction of sp³-hybridized carbons (Fsp3) is 0.545. The van der Waals surface area contributed by atoms with Crippen LogP contribution in [0.3, 0.4) is 0 Å². The lowest BCUT2D eigenvalue weighted by molar-refractivity contribution is -0.140. The van der Waals surface area contributed by atoms with Gasteiger partial charge in [-0.1, -0.05) is 6.07 Å². The summed E-state index contributed by atoms with van der Waals surface area (Å²) in [5.41, 5.74) is 2.53. The van der Waals surface area contributed by atoms with Crippen molar-refractivity contribution in [3.8, 4) is 0 Å². The number of hydrogen-bond donors (Lipinski definition) is 0. The second-order valence-electron chi connectivity index (χ2n) is 8.67. The van der Waals surface area contributed by atoms with Gasteiger partial charge in [-0.3, -0.25) is 14.7 Å². The van der Waals surface area contributed by atoms with Crippen molar-refractivity contribution in [1.82, 2.24) is 24.8 Å². The third-order valence-electron chi connectivity index (χ3n) is 6.26. The number of rotatable bonds is 5. The van der Waals surface area contributed by atoms with Crippen LogP contribution in [0.25, 0.3) is 0 Å². The zero-order valence-corrected chi connectivity index (χ0v) is 17.4. The SMILES string of the molecule is CN(C)c1ncc(CN2CCC3(CCC(=O)N(Cc4cccnc4)C3)CC2)cn1. The molecule has 0 atom stereocenters. The summed E-state index contributed by atoms with van der Waals surface area (Å²) >= 11 is 0. The van der Waals surface area contributed by atoms with Crippen molar-refractivity contribution >= 4 is 11.9 Å². The maximum absolute atomic E-state index is 12.5. The molecule has 2 saturated heterocycles. The van der Waals surface area contributed by atoms with E-state index in [1.807, 2.05) is 54.6 Å². The van der Waals surface area contributed by atoms with Gasteiger partial charge in [0.2, 0.25) is 11.9 Å². The van der Waals surface area contributed by atoms with Crippen LogP contribution in [0, 0.1) is 5.41 Å². The van der Waals surface area contributed by atoms with E-state index in [1.54, 1.807) is 6.20 Å². The van der Waals surface area contributed by atoms with E-state index in [0.29, 0.717) is 13.0 Å². The second-order valence-corrected chi connectivity index (χ2v) is 8.67. The highest BCUT2D eigenvalue weighted by molar-refractivity contribution is 5.77. The molecule has 1 spiro atoms. The Morgan fingerprint density at radius 3 is 2.45 bits per heavy atom. The predicted octanol–water partition coefficient (Wildman–Crippen LogP) is 2.34. The van der Waals surface area contributed by atoms with Crippen LogP contribution in [0.1, 0.15) is 36.8 Å². The minimum absolute atomic E-state index is 0.262. The van der Waals surface area contributed by atoms with E-state index in [4.69, 9.17) is 0 Å². The normalized spacial score (nSPS) is 19.5. The average Bonchev–Trinajstić information content (AvgIpc) is 2.74. The summed E-state index contributed by atoms with van der Waals surface area (Å²) in [6.45, 7) is 4.56.